The molecule has 28 heavy (non-hydrogen) atoms. The lowest BCUT2D eigenvalue weighted by Gasteiger charge is -2.20. The normalized spacial score (nSPS) is 13.2. The van der Waals surface area contributed by atoms with E-state index in [0.29, 0.717) is 24.3 Å². The van der Waals surface area contributed by atoms with E-state index in [-0.39, 0.29) is 12.5 Å². The fourth-order valence-corrected chi connectivity index (χ4v) is 3.53. The first-order valence-electron chi connectivity index (χ1n) is 8.53. The number of rotatable bonds is 5. The number of ether oxygens (including phenoxy) is 1. The molecule has 1 aromatic heterocycles. The van der Waals surface area contributed by atoms with E-state index >= 15 is 0 Å². The van der Waals surface area contributed by atoms with Crippen molar-refractivity contribution in [1.82, 2.24) is 15.5 Å². The first kappa shape index (κ1) is 19.5. The summed E-state index contributed by atoms with van der Waals surface area (Å²) in [5.41, 5.74) is 2.31. The SMILES string of the molecule is COc1ccc2c(c1)C(=O)N(C[C@@H](C#Cc1csc(C)c1)NC(=O)NC=O)C2. The summed E-state index contributed by atoms with van der Waals surface area (Å²) >= 11 is 1.58. The largest absolute Gasteiger partial charge is 0.497 e. The molecule has 0 saturated carbocycles. The van der Waals surface area contributed by atoms with Crippen LogP contribution in [0.5, 0.6) is 5.75 Å². The van der Waals surface area contributed by atoms with Crippen LogP contribution in [0.3, 0.4) is 0 Å². The van der Waals surface area contributed by atoms with Crippen LogP contribution in [0.15, 0.2) is 29.6 Å². The quantitative estimate of drug-likeness (QED) is 0.596. The van der Waals surface area contributed by atoms with Gasteiger partial charge in [0.25, 0.3) is 5.91 Å². The Morgan fingerprint density at radius 1 is 1.43 bits per heavy atom. The fraction of sp³-hybridized carbons (Fsp3) is 0.250. The number of hydrogen-bond acceptors (Lipinski definition) is 5. The summed E-state index contributed by atoms with van der Waals surface area (Å²) in [4.78, 5) is 37.8. The standard InChI is InChI=1S/C20H19N3O4S/c1-13-7-14(11-28-13)3-5-16(22-20(26)21-12-24)10-23-9-15-4-6-17(27-2)8-18(15)19(23)25/h4,6-8,11-12,16H,9-10H2,1-2H3,(H2,21,22,24,26)/t16-/m1/s1. The van der Waals surface area contributed by atoms with Crippen molar-refractivity contribution in [2.75, 3.05) is 13.7 Å². The third-order valence-electron chi connectivity index (χ3n) is 4.22. The molecule has 1 aliphatic heterocycles. The van der Waals surface area contributed by atoms with Crippen LogP contribution in [0.2, 0.25) is 0 Å². The van der Waals surface area contributed by atoms with E-state index in [1.165, 1.54) is 0 Å². The smallest absolute Gasteiger partial charge is 0.322 e. The molecule has 144 valence electrons. The summed E-state index contributed by atoms with van der Waals surface area (Å²) in [6.07, 6.45) is 0.297. The first-order valence-corrected chi connectivity index (χ1v) is 9.41. The van der Waals surface area contributed by atoms with Crippen LogP contribution in [-0.2, 0) is 11.3 Å². The highest BCUT2D eigenvalue weighted by atomic mass is 32.1. The number of carbonyl (C=O) groups excluding carboxylic acids is 3. The molecule has 0 aliphatic carbocycles. The van der Waals surface area contributed by atoms with E-state index in [1.54, 1.807) is 29.4 Å². The van der Waals surface area contributed by atoms with Crippen LogP contribution in [0.25, 0.3) is 0 Å². The molecule has 0 fully saturated rings. The number of imide groups is 1. The topological polar surface area (TPSA) is 87.7 Å². The van der Waals surface area contributed by atoms with Crippen molar-refractivity contribution in [1.29, 1.82) is 0 Å². The molecule has 2 heterocycles. The van der Waals surface area contributed by atoms with Gasteiger partial charge in [-0.05, 0) is 30.7 Å². The molecular weight excluding hydrogens is 378 g/mol. The van der Waals surface area contributed by atoms with Crippen molar-refractivity contribution >= 4 is 29.7 Å². The Morgan fingerprint density at radius 3 is 2.93 bits per heavy atom. The number of hydrogen-bond donors (Lipinski definition) is 2. The van der Waals surface area contributed by atoms with Crippen LogP contribution in [0.1, 0.15) is 26.4 Å². The van der Waals surface area contributed by atoms with Crippen molar-refractivity contribution in [2.24, 2.45) is 0 Å². The highest BCUT2D eigenvalue weighted by molar-refractivity contribution is 7.10. The Kier molecular flexibility index (Phi) is 5.96. The predicted octanol–water partition coefficient (Wildman–Crippen LogP) is 1.90. The van der Waals surface area contributed by atoms with E-state index in [0.717, 1.165) is 16.0 Å². The number of amides is 4. The van der Waals surface area contributed by atoms with Crippen molar-refractivity contribution < 1.29 is 19.1 Å². The molecule has 8 heteroatoms. The van der Waals surface area contributed by atoms with E-state index in [1.807, 2.05) is 35.8 Å². The molecule has 7 nitrogen and oxygen atoms in total. The number of fused-ring (bicyclic) bond motifs is 1. The second-order valence-electron chi connectivity index (χ2n) is 6.21. The van der Waals surface area contributed by atoms with E-state index in [9.17, 15) is 14.4 Å². The molecule has 0 spiro atoms. The van der Waals surface area contributed by atoms with Gasteiger partial charge in [-0.1, -0.05) is 17.9 Å². The van der Waals surface area contributed by atoms with Gasteiger partial charge < -0.3 is 15.0 Å². The molecule has 0 bridgehead atoms. The Morgan fingerprint density at radius 2 is 2.25 bits per heavy atom. The Bertz CT molecular complexity index is 973. The third-order valence-corrected chi connectivity index (χ3v) is 5.08. The molecule has 1 aliphatic rings. The van der Waals surface area contributed by atoms with Crippen molar-refractivity contribution in [3.05, 3.63) is 51.2 Å². The van der Waals surface area contributed by atoms with Crippen molar-refractivity contribution in [3.8, 4) is 17.6 Å². The average Bonchev–Trinajstić information content (AvgIpc) is 3.23. The maximum Gasteiger partial charge on any atom is 0.322 e. The molecule has 0 unspecified atom stereocenters. The van der Waals surface area contributed by atoms with E-state index < -0.39 is 12.1 Å². The second-order valence-corrected chi connectivity index (χ2v) is 7.33. The summed E-state index contributed by atoms with van der Waals surface area (Å²) in [6, 6.07) is 6.01. The second kappa shape index (κ2) is 8.59. The summed E-state index contributed by atoms with van der Waals surface area (Å²) in [5.74, 6) is 6.46. The number of aryl methyl sites for hydroxylation is 1. The van der Waals surface area contributed by atoms with Gasteiger partial charge in [-0.25, -0.2) is 4.79 Å². The van der Waals surface area contributed by atoms with Gasteiger partial charge in [-0.3, -0.25) is 14.9 Å². The number of nitrogens with zero attached hydrogens (tertiary/aromatic N) is 1. The molecule has 0 saturated heterocycles. The molecule has 2 aromatic rings. The zero-order valence-corrected chi connectivity index (χ0v) is 16.3. The summed E-state index contributed by atoms with van der Waals surface area (Å²) in [6.45, 7) is 2.60. The van der Waals surface area contributed by atoms with Crippen molar-refractivity contribution in [2.45, 2.75) is 19.5 Å². The zero-order chi connectivity index (χ0) is 20.1. The van der Waals surface area contributed by atoms with Crippen LogP contribution >= 0.6 is 11.3 Å². The maximum absolute atomic E-state index is 12.7. The number of urea groups is 1. The molecule has 1 aromatic carbocycles. The third kappa shape index (κ3) is 4.50. The molecule has 4 amide bonds. The lowest BCUT2D eigenvalue weighted by atomic mass is 10.1. The molecule has 3 rings (SSSR count). The van der Waals surface area contributed by atoms with Gasteiger partial charge in [-0.2, -0.15) is 0 Å². The van der Waals surface area contributed by atoms with Gasteiger partial charge in [0.2, 0.25) is 6.41 Å². The average molecular weight is 397 g/mol. The molecular formula is C20H19N3O4S. The number of nitrogens with one attached hydrogen (secondary N) is 2. The fourth-order valence-electron chi connectivity index (χ4n) is 2.90. The molecule has 2 N–H and O–H groups in total. The number of carbonyl (C=O) groups is 3. The van der Waals surface area contributed by atoms with Gasteiger partial charge in [0.05, 0.1) is 13.7 Å². The van der Waals surface area contributed by atoms with Gasteiger partial charge in [0.1, 0.15) is 11.8 Å². The number of benzene rings is 1. The highest BCUT2D eigenvalue weighted by Crippen LogP contribution is 2.26. The van der Waals surface area contributed by atoms with E-state index in [2.05, 4.69) is 17.2 Å². The Hall–Kier alpha value is -3.31. The monoisotopic (exact) mass is 397 g/mol. The van der Waals surface area contributed by atoms with Gasteiger partial charge >= 0.3 is 6.03 Å². The minimum atomic E-state index is -0.665. The van der Waals surface area contributed by atoms with Crippen LogP contribution in [0.4, 0.5) is 4.79 Å². The number of thiophene rings is 1. The summed E-state index contributed by atoms with van der Waals surface area (Å²) < 4.78 is 5.18. The maximum atomic E-state index is 12.7. The zero-order valence-electron chi connectivity index (χ0n) is 15.4. The van der Waals surface area contributed by atoms with Crippen LogP contribution in [0, 0.1) is 18.8 Å². The highest BCUT2D eigenvalue weighted by Gasteiger charge is 2.29. The predicted molar refractivity (Wildman–Crippen MR) is 105 cm³/mol. The summed E-state index contributed by atoms with van der Waals surface area (Å²) in [5, 5.41) is 6.58. The lowest BCUT2D eigenvalue weighted by Crippen LogP contribution is -2.46. The first-order chi connectivity index (χ1) is 13.5. The van der Waals surface area contributed by atoms with Crippen molar-refractivity contribution in [3.63, 3.8) is 0 Å². The Balaban J connectivity index is 1.77. The van der Waals surface area contributed by atoms with Crippen LogP contribution in [-0.4, -0.2) is 42.9 Å². The van der Waals surface area contributed by atoms with Gasteiger partial charge in [-0.15, -0.1) is 11.3 Å². The number of methoxy groups -OCH3 is 1. The lowest BCUT2D eigenvalue weighted by molar-refractivity contribution is -0.108. The summed E-state index contributed by atoms with van der Waals surface area (Å²) in [7, 11) is 1.55. The van der Waals surface area contributed by atoms with Gasteiger partial charge in [0, 0.05) is 27.9 Å². The Labute approximate surface area is 166 Å². The van der Waals surface area contributed by atoms with Crippen LogP contribution < -0.4 is 15.4 Å². The van der Waals surface area contributed by atoms with E-state index in [4.69, 9.17) is 4.74 Å². The van der Waals surface area contributed by atoms with Gasteiger partial charge in [0.15, 0.2) is 0 Å². The molecule has 1 atom stereocenters. The molecule has 0 radical (unpaired) electrons. The minimum Gasteiger partial charge on any atom is -0.497 e. The minimum absolute atomic E-state index is 0.148.